The van der Waals surface area contributed by atoms with E-state index in [0.717, 1.165) is 21.9 Å². The van der Waals surface area contributed by atoms with Gasteiger partial charge in [-0.05, 0) is 147 Å². The molecule has 0 amide bonds. The van der Waals surface area contributed by atoms with Crippen molar-refractivity contribution in [1.82, 2.24) is 0 Å². The van der Waals surface area contributed by atoms with Crippen LogP contribution in [-0.2, 0) is 5.41 Å². The molecular formula is C55H36O. The summed E-state index contributed by atoms with van der Waals surface area (Å²) in [6, 6.07) is 67.3. The lowest BCUT2D eigenvalue weighted by atomic mass is 9.81. The molecule has 1 aliphatic rings. The maximum atomic E-state index is 6.51. The molecule has 12 rings (SSSR count). The zero-order valence-electron chi connectivity index (χ0n) is 31.2. The second-order valence-electron chi connectivity index (χ2n) is 16.1. The van der Waals surface area contributed by atoms with Crippen LogP contribution in [-0.4, -0.2) is 0 Å². The van der Waals surface area contributed by atoms with Crippen molar-refractivity contribution in [2.75, 3.05) is 0 Å². The van der Waals surface area contributed by atoms with Crippen molar-refractivity contribution >= 4 is 65.0 Å². The second kappa shape index (κ2) is 11.5. The first-order valence-corrected chi connectivity index (χ1v) is 19.6. The molecule has 0 radical (unpaired) electrons. The lowest BCUT2D eigenvalue weighted by Gasteiger charge is -2.22. The normalized spacial score (nSPS) is 13.3. The Morgan fingerprint density at radius 2 is 0.768 bits per heavy atom. The van der Waals surface area contributed by atoms with Gasteiger partial charge < -0.3 is 4.42 Å². The van der Waals surface area contributed by atoms with Crippen molar-refractivity contribution in [2.24, 2.45) is 0 Å². The Morgan fingerprint density at radius 1 is 0.321 bits per heavy atom. The Hall–Kier alpha value is -6.96. The third-order valence-corrected chi connectivity index (χ3v) is 12.6. The molecule has 1 heterocycles. The molecule has 10 aromatic carbocycles. The van der Waals surface area contributed by atoms with Gasteiger partial charge in [0.15, 0.2) is 0 Å². The minimum absolute atomic E-state index is 0.0592. The smallest absolute Gasteiger partial charge is 0.135 e. The molecule has 0 atom stereocenters. The van der Waals surface area contributed by atoms with Crippen LogP contribution in [0, 0.1) is 0 Å². The molecule has 262 valence electrons. The summed E-state index contributed by atoms with van der Waals surface area (Å²) in [5.74, 6) is 0. The molecule has 0 N–H and O–H groups in total. The molecule has 1 nitrogen and oxygen atoms in total. The Balaban J connectivity index is 1.03. The molecule has 0 aliphatic heterocycles. The quantitative estimate of drug-likeness (QED) is 0.166. The van der Waals surface area contributed by atoms with Crippen LogP contribution in [0.2, 0.25) is 0 Å². The topological polar surface area (TPSA) is 13.1 Å². The molecule has 0 fully saturated rings. The Labute approximate surface area is 325 Å². The number of rotatable bonds is 3. The fourth-order valence-corrected chi connectivity index (χ4v) is 9.82. The first kappa shape index (κ1) is 31.4. The van der Waals surface area contributed by atoms with E-state index in [-0.39, 0.29) is 5.41 Å². The first-order valence-electron chi connectivity index (χ1n) is 19.6. The van der Waals surface area contributed by atoms with Crippen molar-refractivity contribution in [2.45, 2.75) is 19.3 Å². The maximum absolute atomic E-state index is 6.51. The van der Waals surface area contributed by atoms with Gasteiger partial charge in [-0.15, -0.1) is 0 Å². The van der Waals surface area contributed by atoms with Crippen molar-refractivity contribution in [3.63, 3.8) is 0 Å². The average molecular weight is 713 g/mol. The van der Waals surface area contributed by atoms with E-state index in [1.54, 1.807) is 0 Å². The van der Waals surface area contributed by atoms with Crippen LogP contribution in [0.5, 0.6) is 0 Å². The van der Waals surface area contributed by atoms with E-state index in [9.17, 15) is 0 Å². The minimum atomic E-state index is -0.0592. The summed E-state index contributed by atoms with van der Waals surface area (Å²) in [5, 5.41) is 12.4. The number of hydrogen-bond donors (Lipinski definition) is 0. The third kappa shape index (κ3) is 4.49. The van der Waals surface area contributed by atoms with E-state index >= 15 is 0 Å². The Bertz CT molecular complexity index is 3390. The zero-order chi connectivity index (χ0) is 37.1. The van der Waals surface area contributed by atoms with Gasteiger partial charge in [-0.3, -0.25) is 0 Å². The molecule has 0 saturated carbocycles. The van der Waals surface area contributed by atoms with Crippen molar-refractivity contribution < 1.29 is 4.42 Å². The number of benzene rings is 10. The van der Waals surface area contributed by atoms with Gasteiger partial charge in [-0.2, -0.15) is 0 Å². The summed E-state index contributed by atoms with van der Waals surface area (Å²) in [6.45, 7) is 4.72. The van der Waals surface area contributed by atoms with Crippen LogP contribution >= 0.6 is 0 Å². The molecule has 0 unspecified atom stereocenters. The highest BCUT2D eigenvalue weighted by atomic mass is 16.3. The van der Waals surface area contributed by atoms with Crippen LogP contribution in [0.3, 0.4) is 0 Å². The SMILES string of the molecule is CC1(C)c2ccc(-c3ccc4oc5ccc(-c6c7ccccc7c(-c7ccc8ccccc8c7)c7ccccc67)cc5c4c3)cc2-c2cc3ccccc3cc21. The summed E-state index contributed by atoms with van der Waals surface area (Å²) in [7, 11) is 0. The lowest BCUT2D eigenvalue weighted by molar-refractivity contribution is 0.661. The summed E-state index contributed by atoms with van der Waals surface area (Å²) >= 11 is 0. The van der Waals surface area contributed by atoms with E-state index in [1.807, 2.05) is 0 Å². The minimum Gasteiger partial charge on any atom is -0.456 e. The van der Waals surface area contributed by atoms with E-state index in [1.165, 1.54) is 98.7 Å². The average Bonchev–Trinajstić information content (AvgIpc) is 3.71. The molecule has 0 saturated heterocycles. The van der Waals surface area contributed by atoms with Crippen LogP contribution < -0.4 is 0 Å². The highest BCUT2D eigenvalue weighted by molar-refractivity contribution is 6.22. The highest BCUT2D eigenvalue weighted by Gasteiger charge is 2.36. The molecule has 11 aromatic rings. The summed E-state index contributed by atoms with van der Waals surface area (Å²) in [6.07, 6.45) is 0. The summed E-state index contributed by atoms with van der Waals surface area (Å²) in [4.78, 5) is 0. The van der Waals surface area contributed by atoms with Crippen LogP contribution in [0.1, 0.15) is 25.0 Å². The molecule has 1 aliphatic carbocycles. The predicted molar refractivity (Wildman–Crippen MR) is 238 cm³/mol. The fourth-order valence-electron chi connectivity index (χ4n) is 9.82. The lowest BCUT2D eigenvalue weighted by Crippen LogP contribution is -2.14. The van der Waals surface area contributed by atoms with Gasteiger partial charge in [-0.25, -0.2) is 0 Å². The van der Waals surface area contributed by atoms with Gasteiger partial charge in [-0.1, -0.05) is 147 Å². The molecule has 56 heavy (non-hydrogen) atoms. The first-order chi connectivity index (χ1) is 27.5. The van der Waals surface area contributed by atoms with Gasteiger partial charge >= 0.3 is 0 Å². The molecule has 1 heteroatoms. The predicted octanol–water partition coefficient (Wildman–Crippen LogP) is 15.5. The third-order valence-electron chi connectivity index (χ3n) is 12.6. The largest absolute Gasteiger partial charge is 0.456 e. The van der Waals surface area contributed by atoms with Crippen LogP contribution in [0.25, 0.3) is 110 Å². The van der Waals surface area contributed by atoms with E-state index in [2.05, 4.69) is 196 Å². The van der Waals surface area contributed by atoms with Crippen molar-refractivity contribution in [1.29, 1.82) is 0 Å². The fraction of sp³-hybridized carbons (Fsp3) is 0.0545. The van der Waals surface area contributed by atoms with Gasteiger partial charge in [0.25, 0.3) is 0 Å². The van der Waals surface area contributed by atoms with Gasteiger partial charge in [0, 0.05) is 16.2 Å². The molecule has 1 aromatic heterocycles. The second-order valence-corrected chi connectivity index (χ2v) is 16.1. The number of fused-ring (bicyclic) bond motifs is 10. The monoisotopic (exact) mass is 712 g/mol. The molecular weight excluding hydrogens is 677 g/mol. The summed E-state index contributed by atoms with van der Waals surface area (Å²) in [5.41, 5.74) is 14.6. The number of furan rings is 1. The van der Waals surface area contributed by atoms with Gasteiger partial charge in [0.1, 0.15) is 11.2 Å². The van der Waals surface area contributed by atoms with Crippen molar-refractivity contribution in [3.05, 3.63) is 193 Å². The maximum Gasteiger partial charge on any atom is 0.135 e. The summed E-state index contributed by atoms with van der Waals surface area (Å²) < 4.78 is 6.51. The Morgan fingerprint density at radius 3 is 1.41 bits per heavy atom. The molecule has 0 spiro atoms. The van der Waals surface area contributed by atoms with Crippen LogP contribution in [0.4, 0.5) is 0 Å². The highest BCUT2D eigenvalue weighted by Crippen LogP contribution is 2.51. The number of hydrogen-bond acceptors (Lipinski definition) is 1. The zero-order valence-corrected chi connectivity index (χ0v) is 31.2. The van der Waals surface area contributed by atoms with E-state index in [4.69, 9.17) is 4.42 Å². The standard InChI is InChI=1S/C55H36O/c1-55(2)49-24-21-37(29-45(49)46-28-35-13-5-6-14-36(35)32-50(46)55)38-22-25-51-47(30-38)48-31-40(23-26-52(48)56-51)54-43-17-9-7-15-41(43)53(42-16-8-10-18-44(42)54)39-20-19-33-11-3-4-12-34(33)27-39/h3-32H,1-2H3. The molecule has 0 bridgehead atoms. The van der Waals surface area contributed by atoms with Gasteiger partial charge in [0.2, 0.25) is 0 Å². The van der Waals surface area contributed by atoms with Crippen molar-refractivity contribution in [3.8, 4) is 44.5 Å². The van der Waals surface area contributed by atoms with E-state index < -0.39 is 0 Å². The Kier molecular flexibility index (Phi) is 6.46. The van der Waals surface area contributed by atoms with Crippen LogP contribution in [0.15, 0.2) is 186 Å². The van der Waals surface area contributed by atoms with Gasteiger partial charge in [0.05, 0.1) is 0 Å². The van der Waals surface area contributed by atoms with E-state index in [0.29, 0.717) is 0 Å².